The number of anilines is 1. The fourth-order valence-corrected chi connectivity index (χ4v) is 4.88. The molecule has 30 heavy (non-hydrogen) atoms. The third-order valence-corrected chi connectivity index (χ3v) is 7.09. The molecule has 0 saturated heterocycles. The van der Waals surface area contributed by atoms with Crippen LogP contribution in [0.4, 0.5) is 5.69 Å². The maximum atomic E-state index is 12.8. The second-order valence-corrected chi connectivity index (χ2v) is 9.00. The van der Waals surface area contributed by atoms with Crippen molar-refractivity contribution in [3.8, 4) is 0 Å². The first-order chi connectivity index (χ1) is 14.3. The van der Waals surface area contributed by atoms with E-state index in [9.17, 15) is 13.2 Å². The number of benzene rings is 1. The molecule has 9 heteroatoms. The predicted molar refractivity (Wildman–Crippen MR) is 117 cm³/mol. The average Bonchev–Trinajstić information content (AvgIpc) is 3.02. The van der Waals surface area contributed by atoms with Crippen LogP contribution >= 0.6 is 0 Å². The van der Waals surface area contributed by atoms with Gasteiger partial charge in [-0.3, -0.25) is 9.78 Å². The number of aromatic nitrogens is 3. The maximum absolute atomic E-state index is 12.8. The van der Waals surface area contributed by atoms with Crippen molar-refractivity contribution in [3.05, 3.63) is 48.0 Å². The minimum absolute atomic E-state index is 0.113. The van der Waals surface area contributed by atoms with Crippen molar-refractivity contribution >= 4 is 32.7 Å². The molecule has 8 nitrogen and oxygen atoms in total. The third-order valence-electron chi connectivity index (χ3n) is 5.04. The molecule has 0 aliphatic heterocycles. The Kier molecular flexibility index (Phi) is 6.52. The van der Waals surface area contributed by atoms with Crippen molar-refractivity contribution in [1.82, 2.24) is 18.8 Å². The van der Waals surface area contributed by atoms with Gasteiger partial charge >= 0.3 is 0 Å². The molecule has 0 atom stereocenters. The van der Waals surface area contributed by atoms with Crippen LogP contribution in [0.15, 0.2) is 41.4 Å². The Morgan fingerprint density at radius 2 is 1.90 bits per heavy atom. The number of fused-ring (bicyclic) bond motifs is 1. The van der Waals surface area contributed by atoms with E-state index in [1.165, 1.54) is 4.31 Å². The third kappa shape index (κ3) is 4.52. The molecule has 1 aromatic carbocycles. The number of nitrogens with zero attached hydrogens (tertiary/aromatic N) is 4. The number of carbonyl (C=O) groups excluding carboxylic acids is 1. The average molecular weight is 430 g/mol. The van der Waals surface area contributed by atoms with E-state index in [0.29, 0.717) is 30.7 Å². The predicted octanol–water partition coefficient (Wildman–Crippen LogP) is 2.88. The van der Waals surface area contributed by atoms with Crippen LogP contribution < -0.4 is 5.32 Å². The number of amides is 1. The highest BCUT2D eigenvalue weighted by Crippen LogP contribution is 2.23. The van der Waals surface area contributed by atoms with Crippen LogP contribution in [-0.4, -0.2) is 46.3 Å². The van der Waals surface area contributed by atoms with Gasteiger partial charge in [-0.05, 0) is 37.3 Å². The quantitative estimate of drug-likeness (QED) is 0.594. The first-order valence-corrected chi connectivity index (χ1v) is 11.4. The van der Waals surface area contributed by atoms with Gasteiger partial charge in [0, 0.05) is 50.6 Å². The van der Waals surface area contributed by atoms with Gasteiger partial charge in [0.15, 0.2) is 0 Å². The van der Waals surface area contributed by atoms with Crippen molar-refractivity contribution in [3.63, 3.8) is 0 Å². The van der Waals surface area contributed by atoms with Gasteiger partial charge in [0.1, 0.15) is 5.82 Å². The van der Waals surface area contributed by atoms with Crippen LogP contribution in [0.25, 0.3) is 11.0 Å². The van der Waals surface area contributed by atoms with Crippen molar-refractivity contribution in [2.75, 3.05) is 18.4 Å². The number of nitrogens with one attached hydrogen (secondary N) is 1. The van der Waals surface area contributed by atoms with Gasteiger partial charge in [-0.1, -0.05) is 13.8 Å². The Labute approximate surface area is 177 Å². The zero-order chi connectivity index (χ0) is 21.9. The summed E-state index contributed by atoms with van der Waals surface area (Å²) >= 11 is 0. The Morgan fingerprint density at radius 3 is 2.57 bits per heavy atom. The summed E-state index contributed by atoms with van der Waals surface area (Å²) in [5.74, 6) is 0.612. The summed E-state index contributed by atoms with van der Waals surface area (Å²) in [5.41, 5.74) is 2.97. The number of hydrogen-bond donors (Lipinski definition) is 1. The molecule has 0 aliphatic carbocycles. The zero-order valence-electron chi connectivity index (χ0n) is 17.7. The fourth-order valence-electron chi connectivity index (χ4n) is 3.40. The number of imidazole rings is 1. The molecular formula is C21H27N5O3S. The van der Waals surface area contributed by atoms with E-state index in [1.807, 2.05) is 38.5 Å². The first-order valence-electron chi connectivity index (χ1n) is 9.94. The molecule has 0 fully saturated rings. The number of aryl methyl sites for hydroxylation is 3. The molecule has 0 spiro atoms. The summed E-state index contributed by atoms with van der Waals surface area (Å²) in [6.45, 7) is 6.32. The zero-order valence-corrected chi connectivity index (χ0v) is 18.5. The molecule has 1 N–H and O–H groups in total. The monoisotopic (exact) mass is 429 g/mol. The summed E-state index contributed by atoms with van der Waals surface area (Å²) < 4.78 is 28.9. The van der Waals surface area contributed by atoms with E-state index in [2.05, 4.69) is 15.3 Å². The summed E-state index contributed by atoms with van der Waals surface area (Å²) in [4.78, 5) is 21.2. The lowest BCUT2D eigenvalue weighted by Crippen LogP contribution is -2.30. The molecule has 160 valence electrons. The molecule has 3 rings (SSSR count). The molecule has 2 aromatic heterocycles. The van der Waals surface area contributed by atoms with E-state index in [4.69, 9.17) is 0 Å². The van der Waals surface area contributed by atoms with Crippen LogP contribution in [0.1, 0.15) is 31.8 Å². The molecule has 3 aromatic rings. The lowest BCUT2D eigenvalue weighted by molar-refractivity contribution is -0.116. The molecule has 2 heterocycles. The van der Waals surface area contributed by atoms with E-state index < -0.39 is 10.0 Å². The second-order valence-electron chi connectivity index (χ2n) is 7.06. The lowest BCUT2D eigenvalue weighted by atomic mass is 10.2. The van der Waals surface area contributed by atoms with Crippen molar-refractivity contribution in [2.45, 2.75) is 38.5 Å². The van der Waals surface area contributed by atoms with Gasteiger partial charge in [-0.25, -0.2) is 13.4 Å². The summed E-state index contributed by atoms with van der Waals surface area (Å²) in [6.07, 6.45) is 2.36. The Morgan fingerprint density at radius 1 is 1.17 bits per heavy atom. The van der Waals surface area contributed by atoms with Crippen molar-refractivity contribution < 1.29 is 13.2 Å². The number of rotatable bonds is 8. The highest BCUT2D eigenvalue weighted by atomic mass is 32.2. The van der Waals surface area contributed by atoms with E-state index in [-0.39, 0.29) is 17.2 Å². The molecule has 0 aliphatic rings. The summed E-state index contributed by atoms with van der Waals surface area (Å²) in [7, 11) is -1.68. The number of carbonyl (C=O) groups is 1. The topological polar surface area (TPSA) is 97.2 Å². The van der Waals surface area contributed by atoms with Gasteiger partial charge in [0.05, 0.1) is 15.9 Å². The maximum Gasteiger partial charge on any atom is 0.243 e. The van der Waals surface area contributed by atoms with Crippen LogP contribution in [0.2, 0.25) is 0 Å². The summed E-state index contributed by atoms with van der Waals surface area (Å²) in [5, 5.41) is 2.86. The van der Waals surface area contributed by atoms with E-state index in [1.54, 1.807) is 30.5 Å². The van der Waals surface area contributed by atoms with Gasteiger partial charge in [-0.2, -0.15) is 4.31 Å². The SMILES string of the molecule is CCN(CC)S(=O)(=O)c1ccc2c(c1)nc(CCC(=O)Nc1ccnc(C)c1)n2C. The van der Waals surface area contributed by atoms with Crippen LogP contribution in [0.3, 0.4) is 0 Å². The number of sulfonamides is 1. The molecule has 0 saturated carbocycles. The molecule has 0 unspecified atom stereocenters. The largest absolute Gasteiger partial charge is 0.331 e. The van der Waals surface area contributed by atoms with Gasteiger partial charge in [-0.15, -0.1) is 0 Å². The van der Waals surface area contributed by atoms with Crippen LogP contribution in [0.5, 0.6) is 0 Å². The number of hydrogen-bond acceptors (Lipinski definition) is 5. The van der Waals surface area contributed by atoms with Crippen molar-refractivity contribution in [1.29, 1.82) is 0 Å². The minimum atomic E-state index is -3.55. The van der Waals surface area contributed by atoms with Crippen molar-refractivity contribution in [2.24, 2.45) is 7.05 Å². The van der Waals surface area contributed by atoms with Gasteiger partial charge in [0.25, 0.3) is 0 Å². The smallest absolute Gasteiger partial charge is 0.243 e. The van der Waals surface area contributed by atoms with E-state index in [0.717, 1.165) is 17.0 Å². The second kappa shape index (κ2) is 8.93. The summed E-state index contributed by atoms with van der Waals surface area (Å²) in [6, 6.07) is 8.54. The fraction of sp³-hybridized carbons (Fsp3) is 0.381. The highest BCUT2D eigenvalue weighted by molar-refractivity contribution is 7.89. The Balaban J connectivity index is 1.77. The van der Waals surface area contributed by atoms with Gasteiger partial charge in [0.2, 0.25) is 15.9 Å². The molecule has 0 radical (unpaired) electrons. The van der Waals surface area contributed by atoms with Crippen LogP contribution in [0, 0.1) is 6.92 Å². The molecular weight excluding hydrogens is 402 g/mol. The Bertz CT molecular complexity index is 1170. The highest BCUT2D eigenvalue weighted by Gasteiger charge is 2.22. The van der Waals surface area contributed by atoms with Gasteiger partial charge < -0.3 is 9.88 Å². The molecule has 1 amide bonds. The van der Waals surface area contributed by atoms with E-state index >= 15 is 0 Å². The lowest BCUT2D eigenvalue weighted by Gasteiger charge is -2.18. The number of pyridine rings is 1. The molecule has 0 bridgehead atoms. The standard InChI is InChI=1S/C21H27N5O3S/c1-5-26(6-2)30(28,29)17-7-8-19-18(14-17)24-20(25(19)4)9-10-21(27)23-16-11-12-22-15(3)13-16/h7-8,11-14H,5-6,9-10H2,1-4H3,(H,22,23,27). The minimum Gasteiger partial charge on any atom is -0.331 e. The Hall–Kier alpha value is -2.78. The van der Waals surface area contributed by atoms with Crippen LogP contribution in [-0.2, 0) is 28.3 Å². The normalized spacial score (nSPS) is 11.9. The first kappa shape index (κ1) is 21.9.